The smallest absolute Gasteiger partial charge is 0.339 e. The number of morpholine rings is 1. The second-order valence-corrected chi connectivity index (χ2v) is 8.51. The first-order valence-electron chi connectivity index (χ1n) is 11.2. The summed E-state index contributed by atoms with van der Waals surface area (Å²) in [5.41, 5.74) is 3.42. The lowest BCUT2D eigenvalue weighted by molar-refractivity contribution is -0.139. The number of hydrogen-bond acceptors (Lipinski definition) is 5. The zero-order valence-corrected chi connectivity index (χ0v) is 19.1. The molecule has 0 radical (unpaired) electrons. The highest BCUT2D eigenvalue weighted by Gasteiger charge is 2.25. The molecule has 1 aromatic heterocycles. The molecule has 1 saturated heterocycles. The van der Waals surface area contributed by atoms with Crippen LogP contribution >= 0.6 is 0 Å². The molecule has 1 atom stereocenters. The normalized spacial score (nSPS) is 16.1. The van der Waals surface area contributed by atoms with Crippen LogP contribution in [-0.4, -0.2) is 37.1 Å². The Hall–Kier alpha value is -3.38. The lowest BCUT2D eigenvalue weighted by Gasteiger charge is -2.33. The van der Waals surface area contributed by atoms with Gasteiger partial charge in [-0.3, -0.25) is 4.79 Å². The van der Waals surface area contributed by atoms with Crippen molar-refractivity contribution in [1.29, 1.82) is 0 Å². The Bertz CT molecular complexity index is 1210. The van der Waals surface area contributed by atoms with Crippen LogP contribution in [0.3, 0.4) is 0 Å². The molecular weight excluding hydrogens is 418 g/mol. The fourth-order valence-electron chi connectivity index (χ4n) is 4.10. The van der Waals surface area contributed by atoms with Crippen LogP contribution < -0.4 is 10.4 Å². The van der Waals surface area contributed by atoms with Gasteiger partial charge in [-0.05, 0) is 49.1 Å². The summed E-state index contributed by atoms with van der Waals surface area (Å²) < 4.78 is 17.1. The summed E-state index contributed by atoms with van der Waals surface area (Å²) in [6.45, 7) is 9.58. The lowest BCUT2D eigenvalue weighted by atomic mass is 10.0. The molecule has 3 aromatic rings. The van der Waals surface area contributed by atoms with E-state index < -0.39 is 5.63 Å². The Kier molecular flexibility index (Phi) is 6.94. The molecular formula is C27H29NO5. The number of ether oxygens (including phenoxy) is 2. The number of benzene rings is 2. The maximum atomic E-state index is 12.9. The van der Waals surface area contributed by atoms with Crippen LogP contribution in [0.25, 0.3) is 11.0 Å². The number of hydrogen-bond donors (Lipinski definition) is 0. The molecule has 1 aliphatic rings. The van der Waals surface area contributed by atoms with Crippen LogP contribution in [0.2, 0.25) is 0 Å². The van der Waals surface area contributed by atoms with E-state index in [1.54, 1.807) is 6.07 Å². The zero-order chi connectivity index (χ0) is 23.4. The van der Waals surface area contributed by atoms with Gasteiger partial charge in [0.15, 0.2) is 0 Å². The number of aryl methyl sites for hydroxylation is 1. The summed E-state index contributed by atoms with van der Waals surface area (Å²) in [5, 5.41) is 0.843. The molecule has 1 aliphatic heterocycles. The minimum Gasteiger partial charge on any atom is -0.489 e. The van der Waals surface area contributed by atoms with E-state index in [0.717, 1.165) is 22.1 Å². The second kappa shape index (κ2) is 10.0. The van der Waals surface area contributed by atoms with E-state index in [0.29, 0.717) is 49.6 Å². The number of rotatable bonds is 7. The van der Waals surface area contributed by atoms with Crippen LogP contribution in [0.5, 0.6) is 5.75 Å². The third-order valence-electron chi connectivity index (χ3n) is 5.92. The fourth-order valence-corrected chi connectivity index (χ4v) is 4.10. The monoisotopic (exact) mass is 447 g/mol. The number of carbonyl (C=O) groups excluding carboxylic acids is 1. The maximum Gasteiger partial charge on any atom is 0.339 e. The van der Waals surface area contributed by atoms with Crippen LogP contribution in [0, 0.1) is 6.92 Å². The van der Waals surface area contributed by atoms with Gasteiger partial charge in [0.2, 0.25) is 5.91 Å². The molecule has 4 rings (SSSR count). The van der Waals surface area contributed by atoms with Crippen molar-refractivity contribution in [2.75, 3.05) is 26.3 Å². The molecule has 0 N–H and O–H groups in total. The molecule has 33 heavy (non-hydrogen) atoms. The molecule has 6 nitrogen and oxygen atoms in total. The Morgan fingerprint density at radius 3 is 2.76 bits per heavy atom. The van der Waals surface area contributed by atoms with Gasteiger partial charge in [-0.1, -0.05) is 36.9 Å². The van der Waals surface area contributed by atoms with E-state index >= 15 is 0 Å². The Morgan fingerprint density at radius 1 is 1.21 bits per heavy atom. The summed E-state index contributed by atoms with van der Waals surface area (Å²) in [6.07, 6.45) is 0.459. The predicted molar refractivity (Wildman–Crippen MR) is 128 cm³/mol. The number of nitrogens with zero attached hydrogens (tertiary/aromatic N) is 1. The largest absolute Gasteiger partial charge is 0.489 e. The molecule has 2 heterocycles. The molecule has 0 aliphatic carbocycles. The Balaban J connectivity index is 1.45. The molecule has 0 saturated carbocycles. The SMILES string of the molecule is C=C(C)COc1ccc2c(C)c(CCC(=O)N3CCOC(c4ccccc4)C3)c(=O)oc2c1. The van der Waals surface area contributed by atoms with Gasteiger partial charge in [-0.15, -0.1) is 0 Å². The minimum atomic E-state index is -0.408. The van der Waals surface area contributed by atoms with Crippen LogP contribution in [0.4, 0.5) is 0 Å². The van der Waals surface area contributed by atoms with Gasteiger partial charge < -0.3 is 18.8 Å². The predicted octanol–water partition coefficient (Wildman–Crippen LogP) is 4.59. The van der Waals surface area contributed by atoms with Crippen molar-refractivity contribution < 1.29 is 18.7 Å². The molecule has 6 heteroatoms. The van der Waals surface area contributed by atoms with E-state index in [1.165, 1.54) is 0 Å². The molecule has 0 spiro atoms. The van der Waals surface area contributed by atoms with Gasteiger partial charge in [0.1, 0.15) is 24.0 Å². The molecule has 172 valence electrons. The molecule has 1 unspecified atom stereocenters. The summed E-state index contributed by atoms with van der Waals surface area (Å²) in [7, 11) is 0. The van der Waals surface area contributed by atoms with E-state index in [4.69, 9.17) is 13.9 Å². The van der Waals surface area contributed by atoms with Crippen LogP contribution in [-0.2, 0) is 16.0 Å². The van der Waals surface area contributed by atoms with E-state index in [9.17, 15) is 9.59 Å². The highest BCUT2D eigenvalue weighted by molar-refractivity contribution is 5.83. The first kappa shape index (κ1) is 22.8. The second-order valence-electron chi connectivity index (χ2n) is 8.51. The zero-order valence-electron chi connectivity index (χ0n) is 19.1. The van der Waals surface area contributed by atoms with Crippen LogP contribution in [0.15, 0.2) is 69.9 Å². The van der Waals surface area contributed by atoms with Crippen molar-refractivity contribution >= 4 is 16.9 Å². The van der Waals surface area contributed by atoms with Crippen molar-refractivity contribution in [2.24, 2.45) is 0 Å². The van der Waals surface area contributed by atoms with Gasteiger partial charge in [-0.2, -0.15) is 0 Å². The van der Waals surface area contributed by atoms with Gasteiger partial charge in [0.05, 0.1) is 13.2 Å². The summed E-state index contributed by atoms with van der Waals surface area (Å²) in [6, 6.07) is 15.4. The van der Waals surface area contributed by atoms with E-state index in [-0.39, 0.29) is 18.4 Å². The highest BCUT2D eigenvalue weighted by Crippen LogP contribution is 2.26. The molecule has 1 fully saturated rings. The highest BCUT2D eigenvalue weighted by atomic mass is 16.5. The van der Waals surface area contributed by atoms with Crippen LogP contribution in [0.1, 0.15) is 36.1 Å². The Labute approximate surface area is 193 Å². The first-order valence-corrected chi connectivity index (χ1v) is 11.2. The standard InChI is InChI=1S/C27H29NO5/c1-18(2)17-32-21-9-10-22-19(3)23(27(30)33-24(22)15-21)11-12-26(29)28-13-14-31-25(16-28)20-7-5-4-6-8-20/h4-10,15,25H,1,11-14,16-17H2,2-3H3. The number of carbonyl (C=O) groups is 1. The average Bonchev–Trinajstić information content (AvgIpc) is 2.83. The van der Waals surface area contributed by atoms with Crippen molar-refractivity contribution in [3.63, 3.8) is 0 Å². The lowest BCUT2D eigenvalue weighted by Crippen LogP contribution is -2.42. The van der Waals surface area contributed by atoms with Crippen molar-refractivity contribution in [3.8, 4) is 5.75 Å². The summed E-state index contributed by atoms with van der Waals surface area (Å²) >= 11 is 0. The van der Waals surface area contributed by atoms with Gasteiger partial charge in [0.25, 0.3) is 0 Å². The van der Waals surface area contributed by atoms with Gasteiger partial charge in [-0.25, -0.2) is 4.79 Å². The summed E-state index contributed by atoms with van der Waals surface area (Å²) in [5.74, 6) is 0.637. The average molecular weight is 448 g/mol. The third kappa shape index (κ3) is 5.34. The summed E-state index contributed by atoms with van der Waals surface area (Å²) in [4.78, 5) is 27.4. The van der Waals surface area contributed by atoms with Gasteiger partial charge >= 0.3 is 5.63 Å². The molecule has 2 aromatic carbocycles. The fraction of sp³-hybridized carbons (Fsp3) is 0.333. The van der Waals surface area contributed by atoms with Crippen molar-refractivity contribution in [1.82, 2.24) is 4.90 Å². The van der Waals surface area contributed by atoms with E-state index in [2.05, 4.69) is 6.58 Å². The molecule has 1 amide bonds. The topological polar surface area (TPSA) is 69.0 Å². The minimum absolute atomic E-state index is 0.0154. The first-order chi connectivity index (χ1) is 15.9. The van der Waals surface area contributed by atoms with Crippen molar-refractivity contribution in [2.45, 2.75) is 32.8 Å². The third-order valence-corrected chi connectivity index (χ3v) is 5.92. The molecule has 0 bridgehead atoms. The quantitative estimate of drug-likeness (QED) is 0.391. The van der Waals surface area contributed by atoms with E-state index in [1.807, 2.05) is 61.2 Å². The Morgan fingerprint density at radius 2 is 2.00 bits per heavy atom. The van der Waals surface area contributed by atoms with Crippen molar-refractivity contribution in [3.05, 3.63) is 87.8 Å². The maximum absolute atomic E-state index is 12.9. The van der Waals surface area contributed by atoms with Gasteiger partial charge in [0, 0.05) is 30.0 Å². The number of fused-ring (bicyclic) bond motifs is 1. The number of amides is 1.